The van der Waals surface area contributed by atoms with Gasteiger partial charge in [0.05, 0.1) is 6.54 Å². The summed E-state index contributed by atoms with van der Waals surface area (Å²) < 4.78 is 6.14. The molecular formula is C22H19ClN6O2. The molecule has 9 heteroatoms. The lowest BCUT2D eigenvalue weighted by Gasteiger charge is -2.08. The molecule has 31 heavy (non-hydrogen) atoms. The second-order valence-corrected chi connectivity index (χ2v) is 8.05. The van der Waals surface area contributed by atoms with Gasteiger partial charge < -0.3 is 0 Å². The predicted molar refractivity (Wildman–Crippen MR) is 120 cm³/mol. The Hall–Kier alpha value is -3.65. The Morgan fingerprint density at radius 2 is 1.58 bits per heavy atom. The lowest BCUT2D eigenvalue weighted by Crippen LogP contribution is -2.37. The lowest BCUT2D eigenvalue weighted by atomic mass is 10.1. The van der Waals surface area contributed by atoms with E-state index in [1.54, 1.807) is 23.6 Å². The Balaban J connectivity index is 1.89. The fraction of sp³-hybridized carbons (Fsp3) is 0.182. The van der Waals surface area contributed by atoms with Gasteiger partial charge in [-0.15, -0.1) is 10.2 Å². The minimum Gasteiger partial charge on any atom is -0.298 e. The van der Waals surface area contributed by atoms with Gasteiger partial charge in [-0.05, 0) is 36.8 Å². The minimum absolute atomic E-state index is 0.377. The number of hydrogen-bond donors (Lipinski definition) is 0. The zero-order valence-corrected chi connectivity index (χ0v) is 18.0. The van der Waals surface area contributed by atoms with Crippen LogP contribution in [0.5, 0.6) is 0 Å². The molecule has 0 aliphatic heterocycles. The first-order chi connectivity index (χ1) is 14.9. The summed E-state index contributed by atoms with van der Waals surface area (Å²) in [5.41, 5.74) is 2.99. The van der Waals surface area contributed by atoms with E-state index in [2.05, 4.69) is 10.2 Å². The molecule has 3 heterocycles. The second kappa shape index (κ2) is 6.95. The topological polar surface area (TPSA) is 79.1 Å². The molecule has 0 unspecified atom stereocenters. The summed E-state index contributed by atoms with van der Waals surface area (Å²) in [5.74, 6) is 1.02. The average molecular weight is 435 g/mol. The van der Waals surface area contributed by atoms with E-state index in [9.17, 15) is 9.59 Å². The van der Waals surface area contributed by atoms with Gasteiger partial charge in [0, 0.05) is 24.7 Å². The normalized spacial score (nSPS) is 11.6. The van der Waals surface area contributed by atoms with Crippen LogP contribution in [0.25, 0.3) is 28.3 Å². The van der Waals surface area contributed by atoms with E-state index in [0.29, 0.717) is 34.3 Å². The van der Waals surface area contributed by atoms with Crippen LogP contribution in [0.3, 0.4) is 0 Å². The molecule has 5 aromatic rings. The molecule has 0 bridgehead atoms. The van der Waals surface area contributed by atoms with Crippen LogP contribution in [0.1, 0.15) is 11.1 Å². The van der Waals surface area contributed by atoms with Crippen molar-refractivity contribution < 1.29 is 0 Å². The molecule has 3 aromatic heterocycles. The molecule has 0 spiro atoms. The van der Waals surface area contributed by atoms with E-state index in [1.165, 1.54) is 11.6 Å². The summed E-state index contributed by atoms with van der Waals surface area (Å²) in [6.07, 6.45) is 0. The van der Waals surface area contributed by atoms with Crippen LogP contribution in [-0.2, 0) is 20.6 Å². The Labute approximate surface area is 181 Å². The summed E-state index contributed by atoms with van der Waals surface area (Å²) in [7, 11) is 3.12. The zero-order chi connectivity index (χ0) is 21.9. The molecule has 0 fully saturated rings. The molecule has 0 atom stereocenters. The third-order valence-electron chi connectivity index (χ3n) is 5.54. The molecule has 0 N–H and O–H groups in total. The number of hydrogen-bond acceptors (Lipinski definition) is 4. The quantitative estimate of drug-likeness (QED) is 0.437. The first-order valence-electron chi connectivity index (χ1n) is 9.71. The maximum absolute atomic E-state index is 13.2. The van der Waals surface area contributed by atoms with Gasteiger partial charge in [0.2, 0.25) is 5.78 Å². The van der Waals surface area contributed by atoms with E-state index >= 15 is 0 Å². The van der Waals surface area contributed by atoms with Gasteiger partial charge in [0.1, 0.15) is 0 Å². The van der Waals surface area contributed by atoms with Crippen LogP contribution in [-0.4, -0.2) is 28.3 Å². The van der Waals surface area contributed by atoms with Crippen molar-refractivity contribution in [2.24, 2.45) is 14.1 Å². The highest BCUT2D eigenvalue weighted by Gasteiger charge is 2.24. The van der Waals surface area contributed by atoms with Crippen molar-refractivity contribution >= 4 is 28.5 Å². The highest BCUT2D eigenvalue weighted by atomic mass is 35.5. The number of nitrogens with zero attached hydrogens (tertiary/aromatic N) is 6. The summed E-state index contributed by atoms with van der Waals surface area (Å²) >= 11 is 6.04. The van der Waals surface area contributed by atoms with Crippen LogP contribution in [0.4, 0.5) is 0 Å². The molecule has 0 amide bonds. The maximum atomic E-state index is 13.2. The lowest BCUT2D eigenvalue weighted by molar-refractivity contribution is 0.700. The smallest absolute Gasteiger partial charge is 0.298 e. The standard InChI is InChI=1S/C22H19ClN6O2/c1-13-4-6-14(7-5-13)12-28-17-19(26(2)22(31)27(3)20(17)30)29-18(24-25-21(28)29)15-8-10-16(23)11-9-15/h4-11H,12H2,1-3H3. The first-order valence-corrected chi connectivity index (χ1v) is 10.1. The van der Waals surface area contributed by atoms with Crippen molar-refractivity contribution in [1.29, 1.82) is 0 Å². The van der Waals surface area contributed by atoms with Crippen molar-refractivity contribution in [3.63, 3.8) is 0 Å². The number of imidazole rings is 1. The van der Waals surface area contributed by atoms with Gasteiger partial charge >= 0.3 is 5.69 Å². The molecule has 5 rings (SSSR count). The van der Waals surface area contributed by atoms with Gasteiger partial charge in [-0.2, -0.15) is 0 Å². The zero-order valence-electron chi connectivity index (χ0n) is 17.2. The third-order valence-corrected chi connectivity index (χ3v) is 5.80. The van der Waals surface area contributed by atoms with Crippen LogP contribution < -0.4 is 11.2 Å². The number of benzene rings is 2. The number of aromatic nitrogens is 6. The SMILES string of the molecule is Cc1ccc(Cn2c3c(=O)n(C)c(=O)n(C)c3n3c(-c4ccc(Cl)cc4)nnc23)cc1. The number of aryl methyl sites for hydroxylation is 2. The van der Waals surface area contributed by atoms with Crippen LogP contribution in [0.15, 0.2) is 58.1 Å². The van der Waals surface area contributed by atoms with Crippen molar-refractivity contribution in [2.45, 2.75) is 13.5 Å². The van der Waals surface area contributed by atoms with Gasteiger partial charge in [-0.1, -0.05) is 41.4 Å². The Kier molecular flexibility index (Phi) is 4.33. The summed E-state index contributed by atoms with van der Waals surface area (Å²) in [5, 5.41) is 9.36. The number of fused-ring (bicyclic) bond motifs is 3. The Morgan fingerprint density at radius 1 is 0.903 bits per heavy atom. The summed E-state index contributed by atoms with van der Waals surface area (Å²) in [6, 6.07) is 15.3. The fourth-order valence-electron chi connectivity index (χ4n) is 3.87. The Bertz CT molecular complexity index is 1570. The van der Waals surface area contributed by atoms with Crippen LogP contribution in [0.2, 0.25) is 5.02 Å². The van der Waals surface area contributed by atoms with Gasteiger partial charge in [-0.3, -0.25) is 18.5 Å². The number of rotatable bonds is 3. The fourth-order valence-corrected chi connectivity index (χ4v) is 3.99. The average Bonchev–Trinajstić information content (AvgIpc) is 3.32. The molecular weight excluding hydrogens is 416 g/mol. The molecule has 0 saturated heterocycles. The predicted octanol–water partition coefficient (Wildman–Crippen LogP) is 2.76. The van der Waals surface area contributed by atoms with Gasteiger partial charge in [0.25, 0.3) is 5.56 Å². The largest absolute Gasteiger partial charge is 0.332 e. The molecule has 2 aromatic carbocycles. The molecule has 0 aliphatic carbocycles. The maximum Gasteiger partial charge on any atom is 0.332 e. The highest BCUT2D eigenvalue weighted by molar-refractivity contribution is 6.30. The van der Waals surface area contributed by atoms with Crippen LogP contribution in [0, 0.1) is 6.92 Å². The van der Waals surface area contributed by atoms with Gasteiger partial charge in [-0.25, -0.2) is 9.20 Å². The number of halogens is 1. The van der Waals surface area contributed by atoms with E-state index < -0.39 is 5.69 Å². The molecule has 0 saturated carbocycles. The van der Waals surface area contributed by atoms with E-state index in [4.69, 9.17) is 11.6 Å². The van der Waals surface area contributed by atoms with Crippen molar-refractivity contribution in [2.75, 3.05) is 0 Å². The highest BCUT2D eigenvalue weighted by Crippen LogP contribution is 2.26. The first kappa shape index (κ1) is 19.3. The second-order valence-electron chi connectivity index (χ2n) is 7.62. The monoisotopic (exact) mass is 434 g/mol. The van der Waals surface area contributed by atoms with Crippen molar-refractivity contribution in [3.05, 3.63) is 85.5 Å². The van der Waals surface area contributed by atoms with E-state index in [0.717, 1.165) is 21.3 Å². The molecule has 0 radical (unpaired) electrons. The molecule has 8 nitrogen and oxygen atoms in total. The minimum atomic E-state index is -0.414. The summed E-state index contributed by atoms with van der Waals surface area (Å²) in [6.45, 7) is 2.44. The van der Waals surface area contributed by atoms with E-state index in [-0.39, 0.29) is 5.56 Å². The molecule has 0 aliphatic rings. The molecule has 156 valence electrons. The van der Waals surface area contributed by atoms with Crippen LogP contribution >= 0.6 is 11.6 Å². The van der Waals surface area contributed by atoms with Crippen molar-refractivity contribution in [3.8, 4) is 11.4 Å². The summed E-state index contributed by atoms with van der Waals surface area (Å²) in [4.78, 5) is 25.9. The van der Waals surface area contributed by atoms with E-state index in [1.807, 2.05) is 47.9 Å². The van der Waals surface area contributed by atoms with Gasteiger partial charge in [0.15, 0.2) is 17.0 Å². The van der Waals surface area contributed by atoms with Crippen molar-refractivity contribution in [1.82, 2.24) is 28.3 Å². The third kappa shape index (κ3) is 2.90. The Morgan fingerprint density at radius 3 is 2.26 bits per heavy atom.